The van der Waals surface area contributed by atoms with E-state index in [0.717, 1.165) is 13.0 Å². The fraction of sp³-hybridized carbons (Fsp3) is 0.364. The second kappa shape index (κ2) is 4.31. The van der Waals surface area contributed by atoms with E-state index in [1.165, 1.54) is 12.7 Å². The molecular weight excluding hydrogens is 192 g/mol. The zero-order valence-corrected chi connectivity index (χ0v) is 8.64. The summed E-state index contributed by atoms with van der Waals surface area (Å²) in [5, 5.41) is 0. The third kappa shape index (κ3) is 1.94. The number of rotatable bonds is 2. The predicted octanol–water partition coefficient (Wildman–Crippen LogP) is 1.70. The molecule has 1 aromatic carbocycles. The van der Waals surface area contributed by atoms with Gasteiger partial charge in [-0.25, -0.2) is 10.3 Å². The number of nitrogens with one attached hydrogen (secondary N) is 1. The second-order valence-corrected chi connectivity index (χ2v) is 3.52. The maximum Gasteiger partial charge on any atom is 0.341 e. The lowest BCUT2D eigenvalue weighted by molar-refractivity contribution is 0.0528. The molecule has 1 heterocycles. The van der Waals surface area contributed by atoms with Crippen molar-refractivity contribution in [2.75, 3.05) is 13.7 Å². The minimum absolute atomic E-state index is 0.169. The quantitative estimate of drug-likeness (QED) is 0.748. The minimum atomic E-state index is -0.169. The highest BCUT2D eigenvalue weighted by Gasteiger charge is 2.33. The number of likely N-dealkylation sites (tertiary alicyclic amines) is 1. The minimum Gasteiger partial charge on any atom is -0.316 e. The van der Waals surface area contributed by atoms with Crippen molar-refractivity contribution in [2.24, 2.45) is 0 Å². The molecule has 1 aromatic rings. The van der Waals surface area contributed by atoms with Crippen LogP contribution in [0.1, 0.15) is 18.0 Å². The molecule has 15 heavy (non-hydrogen) atoms. The first-order valence-corrected chi connectivity index (χ1v) is 4.97. The first-order valence-electron chi connectivity index (χ1n) is 4.97. The van der Waals surface area contributed by atoms with Crippen molar-refractivity contribution >= 4 is 6.03 Å². The smallest absolute Gasteiger partial charge is 0.316 e. The van der Waals surface area contributed by atoms with Crippen molar-refractivity contribution in [1.29, 1.82) is 0 Å². The number of benzene rings is 1. The number of hydroxylamine groups is 1. The normalized spacial score (nSPS) is 19.5. The Balaban J connectivity index is 2.03. The van der Waals surface area contributed by atoms with Crippen molar-refractivity contribution in [3.8, 4) is 0 Å². The molecule has 1 unspecified atom stereocenters. The molecule has 1 atom stereocenters. The molecule has 2 amide bonds. The third-order valence-electron chi connectivity index (χ3n) is 2.65. The van der Waals surface area contributed by atoms with Gasteiger partial charge in [0.15, 0.2) is 0 Å². The number of nitrogens with zero attached hydrogens (tertiary/aromatic N) is 1. The van der Waals surface area contributed by atoms with Crippen molar-refractivity contribution in [2.45, 2.75) is 12.5 Å². The van der Waals surface area contributed by atoms with E-state index in [9.17, 15) is 4.79 Å². The van der Waals surface area contributed by atoms with Crippen LogP contribution in [0.15, 0.2) is 30.3 Å². The fourth-order valence-corrected chi connectivity index (χ4v) is 1.80. The molecule has 1 saturated heterocycles. The Morgan fingerprint density at radius 1 is 1.47 bits per heavy atom. The van der Waals surface area contributed by atoms with Gasteiger partial charge in [0.2, 0.25) is 0 Å². The zero-order chi connectivity index (χ0) is 10.7. The molecule has 0 spiro atoms. The summed E-state index contributed by atoms with van der Waals surface area (Å²) in [5.41, 5.74) is 3.51. The number of urea groups is 1. The second-order valence-electron chi connectivity index (χ2n) is 3.52. The van der Waals surface area contributed by atoms with E-state index in [0.29, 0.717) is 0 Å². The van der Waals surface area contributed by atoms with E-state index < -0.39 is 0 Å². The number of carbonyl (C=O) groups excluding carboxylic acids is 1. The first kappa shape index (κ1) is 9.98. The predicted molar refractivity (Wildman–Crippen MR) is 56.0 cm³/mol. The highest BCUT2D eigenvalue weighted by atomic mass is 16.6. The third-order valence-corrected chi connectivity index (χ3v) is 2.65. The molecule has 2 rings (SSSR count). The summed E-state index contributed by atoms with van der Waals surface area (Å²) in [6.07, 6.45) is 1.02. The lowest BCUT2D eigenvalue weighted by atomic mass is 9.95. The SMILES string of the molecule is CONC(=O)N1CCC1c1ccccc1. The lowest BCUT2D eigenvalue weighted by Crippen LogP contribution is -2.49. The van der Waals surface area contributed by atoms with Crippen LogP contribution < -0.4 is 5.48 Å². The van der Waals surface area contributed by atoms with E-state index in [4.69, 9.17) is 0 Å². The summed E-state index contributed by atoms with van der Waals surface area (Å²) < 4.78 is 0. The van der Waals surface area contributed by atoms with E-state index in [2.05, 4.69) is 10.3 Å². The van der Waals surface area contributed by atoms with E-state index >= 15 is 0 Å². The van der Waals surface area contributed by atoms with Gasteiger partial charge in [-0.15, -0.1) is 0 Å². The summed E-state index contributed by atoms with van der Waals surface area (Å²) in [6, 6.07) is 10.1. The highest BCUT2D eigenvalue weighted by molar-refractivity contribution is 5.74. The maximum atomic E-state index is 11.5. The van der Waals surface area contributed by atoms with Gasteiger partial charge < -0.3 is 4.90 Å². The molecule has 1 aliphatic heterocycles. The van der Waals surface area contributed by atoms with Crippen LogP contribution in [0.4, 0.5) is 4.79 Å². The van der Waals surface area contributed by atoms with Crippen LogP contribution in [0.5, 0.6) is 0 Å². The van der Waals surface area contributed by atoms with Gasteiger partial charge in [-0.05, 0) is 12.0 Å². The lowest BCUT2D eigenvalue weighted by Gasteiger charge is -2.40. The Morgan fingerprint density at radius 3 is 2.73 bits per heavy atom. The van der Waals surface area contributed by atoms with Crippen LogP contribution in [0.3, 0.4) is 0 Å². The number of hydrogen-bond donors (Lipinski definition) is 1. The van der Waals surface area contributed by atoms with E-state index in [1.54, 1.807) is 4.90 Å². The Bertz CT molecular complexity index is 340. The molecule has 4 nitrogen and oxygen atoms in total. The van der Waals surface area contributed by atoms with Crippen LogP contribution in [0.2, 0.25) is 0 Å². The van der Waals surface area contributed by atoms with Gasteiger partial charge in [0.25, 0.3) is 0 Å². The van der Waals surface area contributed by atoms with Gasteiger partial charge in [-0.1, -0.05) is 30.3 Å². The molecule has 4 heteroatoms. The molecule has 0 bridgehead atoms. The van der Waals surface area contributed by atoms with Crippen molar-refractivity contribution in [3.63, 3.8) is 0 Å². The first-order chi connectivity index (χ1) is 7.33. The van der Waals surface area contributed by atoms with Crippen LogP contribution in [-0.2, 0) is 4.84 Å². The molecule has 1 N–H and O–H groups in total. The Morgan fingerprint density at radius 2 is 2.20 bits per heavy atom. The highest BCUT2D eigenvalue weighted by Crippen LogP contribution is 2.32. The van der Waals surface area contributed by atoms with E-state index in [1.807, 2.05) is 30.3 Å². The molecule has 80 valence electrons. The van der Waals surface area contributed by atoms with Gasteiger partial charge in [0.05, 0.1) is 13.2 Å². The van der Waals surface area contributed by atoms with Gasteiger partial charge in [0.1, 0.15) is 0 Å². The maximum absolute atomic E-state index is 11.5. The molecule has 1 fully saturated rings. The van der Waals surface area contributed by atoms with Crippen LogP contribution in [0.25, 0.3) is 0 Å². The number of hydrogen-bond acceptors (Lipinski definition) is 2. The average molecular weight is 206 g/mol. The molecule has 1 aliphatic rings. The van der Waals surface area contributed by atoms with Gasteiger partial charge in [-0.3, -0.25) is 4.84 Å². The average Bonchev–Trinajstić information content (AvgIpc) is 2.18. The van der Waals surface area contributed by atoms with Crippen LogP contribution in [0, 0.1) is 0 Å². The number of carbonyl (C=O) groups is 1. The topological polar surface area (TPSA) is 41.6 Å². The van der Waals surface area contributed by atoms with Crippen molar-refractivity contribution in [3.05, 3.63) is 35.9 Å². The van der Waals surface area contributed by atoms with Gasteiger partial charge in [-0.2, -0.15) is 0 Å². The standard InChI is InChI=1S/C11H14N2O2/c1-15-12-11(14)13-8-7-10(13)9-5-3-2-4-6-9/h2-6,10H,7-8H2,1H3,(H,12,14). The molecule has 0 aliphatic carbocycles. The van der Waals surface area contributed by atoms with Crippen LogP contribution >= 0.6 is 0 Å². The number of amides is 2. The summed E-state index contributed by atoms with van der Waals surface area (Å²) in [6.45, 7) is 0.786. The van der Waals surface area contributed by atoms with Crippen molar-refractivity contribution < 1.29 is 9.63 Å². The molecule has 0 radical (unpaired) electrons. The molecular formula is C11H14N2O2. The Kier molecular flexibility index (Phi) is 2.87. The van der Waals surface area contributed by atoms with Gasteiger partial charge in [0, 0.05) is 6.54 Å². The largest absolute Gasteiger partial charge is 0.341 e. The summed E-state index contributed by atoms with van der Waals surface area (Å²) in [5.74, 6) is 0. The van der Waals surface area contributed by atoms with Crippen LogP contribution in [-0.4, -0.2) is 24.6 Å². The molecule has 0 aromatic heterocycles. The zero-order valence-electron chi connectivity index (χ0n) is 8.64. The molecule has 0 saturated carbocycles. The fourth-order valence-electron chi connectivity index (χ4n) is 1.80. The van der Waals surface area contributed by atoms with Gasteiger partial charge >= 0.3 is 6.03 Å². The summed E-state index contributed by atoms with van der Waals surface area (Å²) >= 11 is 0. The summed E-state index contributed by atoms with van der Waals surface area (Å²) in [7, 11) is 1.44. The summed E-state index contributed by atoms with van der Waals surface area (Å²) in [4.78, 5) is 17.9. The Hall–Kier alpha value is -1.55. The Labute approximate surface area is 88.8 Å². The van der Waals surface area contributed by atoms with Crippen molar-refractivity contribution in [1.82, 2.24) is 10.4 Å². The van der Waals surface area contributed by atoms with E-state index in [-0.39, 0.29) is 12.1 Å². The monoisotopic (exact) mass is 206 g/mol.